The van der Waals surface area contributed by atoms with E-state index in [9.17, 15) is 18.0 Å². The molecule has 156 valence electrons. The molecular weight excluding hydrogens is 396 g/mol. The summed E-state index contributed by atoms with van der Waals surface area (Å²) in [6.45, 7) is 0.775. The van der Waals surface area contributed by atoms with Crippen LogP contribution in [0.25, 0.3) is 0 Å². The second kappa shape index (κ2) is 10.6. The van der Waals surface area contributed by atoms with Crippen molar-refractivity contribution in [3.63, 3.8) is 0 Å². The molecule has 0 heterocycles. The average molecular weight is 420 g/mol. The predicted molar refractivity (Wildman–Crippen MR) is 108 cm³/mol. The number of aliphatic carboxylic acids is 1. The Balaban J connectivity index is 1.72. The van der Waals surface area contributed by atoms with Crippen LogP contribution in [0.15, 0.2) is 48.5 Å². The molecule has 0 aliphatic heterocycles. The summed E-state index contributed by atoms with van der Waals surface area (Å²) >= 11 is 0. The fourth-order valence-electron chi connectivity index (χ4n) is 2.43. The summed E-state index contributed by atoms with van der Waals surface area (Å²) in [6, 6.07) is 13.8. The van der Waals surface area contributed by atoms with Crippen LogP contribution < -0.4 is 14.8 Å². The standard InChI is InChI=1S/C20H24N2O6S/c1-29(26,27)22-14-16-2-7-17(8-3-16)20(25)21-12-13-28-18-9-4-15(5-10-18)6-11-19(23)24/h2-5,7-10,22H,6,11-14H2,1H3,(H,21,25)(H,23,24). The van der Waals surface area contributed by atoms with E-state index in [1.165, 1.54) is 0 Å². The normalized spacial score (nSPS) is 11.1. The number of amides is 1. The highest BCUT2D eigenvalue weighted by Gasteiger charge is 2.06. The van der Waals surface area contributed by atoms with Gasteiger partial charge in [-0.2, -0.15) is 0 Å². The first-order chi connectivity index (χ1) is 13.7. The topological polar surface area (TPSA) is 122 Å². The van der Waals surface area contributed by atoms with Crippen LogP contribution >= 0.6 is 0 Å². The van der Waals surface area contributed by atoms with E-state index in [2.05, 4.69) is 10.0 Å². The Morgan fingerprint density at radius 2 is 1.62 bits per heavy atom. The van der Waals surface area contributed by atoms with E-state index in [1.807, 2.05) is 12.1 Å². The number of carboxylic acids is 1. The zero-order valence-electron chi connectivity index (χ0n) is 16.1. The van der Waals surface area contributed by atoms with Gasteiger partial charge in [-0.25, -0.2) is 13.1 Å². The van der Waals surface area contributed by atoms with E-state index in [0.717, 1.165) is 17.4 Å². The van der Waals surface area contributed by atoms with Crippen molar-refractivity contribution < 1.29 is 27.9 Å². The molecule has 9 heteroatoms. The van der Waals surface area contributed by atoms with Crippen molar-refractivity contribution in [1.82, 2.24) is 10.0 Å². The number of hydrogen-bond donors (Lipinski definition) is 3. The van der Waals surface area contributed by atoms with Crippen LogP contribution in [0.1, 0.15) is 27.9 Å². The average Bonchev–Trinajstić information content (AvgIpc) is 2.68. The Labute approximate surface area is 169 Å². The molecule has 29 heavy (non-hydrogen) atoms. The van der Waals surface area contributed by atoms with Gasteiger partial charge >= 0.3 is 5.97 Å². The number of benzene rings is 2. The summed E-state index contributed by atoms with van der Waals surface area (Å²) in [5.74, 6) is -0.442. The largest absolute Gasteiger partial charge is 0.492 e. The van der Waals surface area contributed by atoms with Gasteiger partial charge in [0.1, 0.15) is 12.4 Å². The van der Waals surface area contributed by atoms with Gasteiger partial charge in [0.05, 0.1) is 12.8 Å². The molecule has 0 bridgehead atoms. The molecule has 0 aromatic heterocycles. The predicted octanol–water partition coefficient (Wildman–Crippen LogP) is 1.56. The van der Waals surface area contributed by atoms with E-state index in [-0.39, 0.29) is 25.5 Å². The highest BCUT2D eigenvalue weighted by molar-refractivity contribution is 7.88. The van der Waals surface area contributed by atoms with Gasteiger partial charge in [0.25, 0.3) is 5.91 Å². The van der Waals surface area contributed by atoms with E-state index in [4.69, 9.17) is 9.84 Å². The molecule has 8 nitrogen and oxygen atoms in total. The minimum Gasteiger partial charge on any atom is -0.492 e. The zero-order chi connectivity index (χ0) is 21.3. The molecule has 2 aromatic rings. The molecule has 0 aliphatic carbocycles. The summed E-state index contributed by atoms with van der Waals surface area (Å²) < 4.78 is 30.1. The lowest BCUT2D eigenvalue weighted by atomic mass is 10.1. The van der Waals surface area contributed by atoms with E-state index < -0.39 is 16.0 Å². The molecule has 0 fully saturated rings. The molecule has 0 saturated heterocycles. The Bertz CT molecular complexity index is 924. The SMILES string of the molecule is CS(=O)(=O)NCc1ccc(C(=O)NCCOc2ccc(CCC(=O)O)cc2)cc1. The maximum absolute atomic E-state index is 12.1. The van der Waals surface area contributed by atoms with Gasteiger partial charge < -0.3 is 15.2 Å². The Morgan fingerprint density at radius 1 is 1.00 bits per heavy atom. The fourth-order valence-corrected chi connectivity index (χ4v) is 2.86. The maximum atomic E-state index is 12.1. The third-order valence-electron chi connectivity index (χ3n) is 3.96. The molecule has 3 N–H and O–H groups in total. The number of carbonyl (C=O) groups is 2. The quantitative estimate of drug-likeness (QED) is 0.474. The van der Waals surface area contributed by atoms with Crippen molar-refractivity contribution in [2.24, 2.45) is 0 Å². The van der Waals surface area contributed by atoms with Gasteiger partial charge in [0, 0.05) is 18.5 Å². The smallest absolute Gasteiger partial charge is 0.303 e. The summed E-state index contributed by atoms with van der Waals surface area (Å²) in [6.07, 6.45) is 1.64. The van der Waals surface area contributed by atoms with Crippen molar-refractivity contribution in [2.75, 3.05) is 19.4 Å². The molecule has 2 aromatic carbocycles. The number of nitrogens with one attached hydrogen (secondary N) is 2. The zero-order valence-corrected chi connectivity index (χ0v) is 16.9. The number of ether oxygens (including phenoxy) is 1. The number of rotatable bonds is 11. The number of aryl methyl sites for hydroxylation is 1. The number of sulfonamides is 1. The van der Waals surface area contributed by atoms with Crippen molar-refractivity contribution in [3.8, 4) is 5.75 Å². The van der Waals surface area contributed by atoms with Gasteiger partial charge in [-0.1, -0.05) is 24.3 Å². The van der Waals surface area contributed by atoms with Gasteiger partial charge in [0.15, 0.2) is 0 Å². The second-order valence-corrected chi connectivity index (χ2v) is 8.27. The first-order valence-corrected chi connectivity index (χ1v) is 10.9. The van der Waals surface area contributed by atoms with Crippen molar-refractivity contribution in [2.45, 2.75) is 19.4 Å². The van der Waals surface area contributed by atoms with Gasteiger partial charge in [-0.3, -0.25) is 9.59 Å². The van der Waals surface area contributed by atoms with E-state index >= 15 is 0 Å². The molecule has 0 radical (unpaired) electrons. The molecule has 0 atom stereocenters. The fraction of sp³-hybridized carbons (Fsp3) is 0.300. The van der Waals surface area contributed by atoms with E-state index in [1.54, 1.807) is 36.4 Å². The summed E-state index contributed by atoms with van der Waals surface area (Å²) in [5, 5.41) is 11.4. The van der Waals surface area contributed by atoms with Crippen LogP contribution in [0.5, 0.6) is 5.75 Å². The van der Waals surface area contributed by atoms with Gasteiger partial charge in [-0.05, 0) is 41.8 Å². The Hall–Kier alpha value is -2.91. The lowest BCUT2D eigenvalue weighted by Gasteiger charge is -2.09. The van der Waals surface area contributed by atoms with Crippen LogP contribution in [0, 0.1) is 0 Å². The van der Waals surface area contributed by atoms with Gasteiger partial charge in [0.2, 0.25) is 10.0 Å². The third-order valence-corrected chi connectivity index (χ3v) is 4.63. The van der Waals surface area contributed by atoms with Crippen molar-refractivity contribution in [1.29, 1.82) is 0 Å². The minimum atomic E-state index is -3.26. The van der Waals surface area contributed by atoms with Crippen LogP contribution in [0.2, 0.25) is 0 Å². The van der Waals surface area contributed by atoms with Gasteiger partial charge in [-0.15, -0.1) is 0 Å². The molecule has 2 rings (SSSR count). The number of hydrogen-bond acceptors (Lipinski definition) is 5. The lowest BCUT2D eigenvalue weighted by molar-refractivity contribution is -0.136. The number of carboxylic acid groups (broad SMARTS) is 1. The van der Waals surface area contributed by atoms with Crippen molar-refractivity contribution >= 4 is 21.9 Å². The highest BCUT2D eigenvalue weighted by atomic mass is 32.2. The summed E-state index contributed by atoms with van der Waals surface area (Å²) in [7, 11) is -3.26. The van der Waals surface area contributed by atoms with E-state index in [0.29, 0.717) is 24.3 Å². The minimum absolute atomic E-state index is 0.0848. The van der Waals surface area contributed by atoms with Crippen LogP contribution in [-0.2, 0) is 27.8 Å². The van der Waals surface area contributed by atoms with Crippen LogP contribution in [0.3, 0.4) is 0 Å². The monoisotopic (exact) mass is 420 g/mol. The molecule has 0 unspecified atom stereocenters. The Morgan fingerprint density at radius 3 is 2.21 bits per heavy atom. The maximum Gasteiger partial charge on any atom is 0.303 e. The summed E-state index contributed by atoms with van der Waals surface area (Å²) in [5.41, 5.74) is 2.14. The summed E-state index contributed by atoms with van der Waals surface area (Å²) in [4.78, 5) is 22.7. The third kappa shape index (κ3) is 8.75. The van der Waals surface area contributed by atoms with Crippen molar-refractivity contribution in [3.05, 3.63) is 65.2 Å². The Kier molecular flexibility index (Phi) is 8.17. The highest BCUT2D eigenvalue weighted by Crippen LogP contribution is 2.13. The molecule has 0 saturated carbocycles. The molecule has 0 spiro atoms. The van der Waals surface area contributed by atoms with Crippen LogP contribution in [0.4, 0.5) is 0 Å². The molecular formula is C20H24N2O6S. The van der Waals surface area contributed by atoms with Crippen LogP contribution in [-0.4, -0.2) is 44.8 Å². The second-order valence-electron chi connectivity index (χ2n) is 6.43. The first-order valence-electron chi connectivity index (χ1n) is 8.98. The molecule has 0 aliphatic rings. The number of carbonyl (C=O) groups excluding carboxylic acids is 1. The molecule has 1 amide bonds. The lowest BCUT2D eigenvalue weighted by Crippen LogP contribution is -2.28. The first kappa shape index (κ1) is 22.4.